The molecule has 0 amide bonds. The zero-order chi connectivity index (χ0) is 15.6. The van der Waals surface area contributed by atoms with E-state index in [0.717, 1.165) is 6.07 Å². The van der Waals surface area contributed by atoms with Gasteiger partial charge in [0.2, 0.25) is 10.0 Å². The van der Waals surface area contributed by atoms with Gasteiger partial charge < -0.3 is 5.73 Å². The molecule has 0 heterocycles. The van der Waals surface area contributed by atoms with Gasteiger partial charge in [-0.3, -0.25) is 0 Å². The summed E-state index contributed by atoms with van der Waals surface area (Å²) in [6, 6.07) is 3.61. The number of hydrogen-bond donors (Lipinski definition) is 2. The normalized spacial score (nSPS) is 12.9. The zero-order valence-electron chi connectivity index (χ0n) is 12.4. The molecule has 0 radical (unpaired) electrons. The van der Waals surface area contributed by atoms with E-state index in [1.54, 1.807) is 0 Å². The first-order valence-electron chi connectivity index (χ1n) is 6.58. The van der Waals surface area contributed by atoms with E-state index in [1.807, 2.05) is 27.7 Å². The molecular weight excluding hydrogens is 279 g/mol. The second kappa shape index (κ2) is 6.20. The van der Waals surface area contributed by atoms with Gasteiger partial charge in [0.1, 0.15) is 5.82 Å². The Kier molecular flexibility index (Phi) is 5.29. The van der Waals surface area contributed by atoms with Crippen molar-refractivity contribution in [2.75, 3.05) is 6.54 Å². The number of halogens is 1. The van der Waals surface area contributed by atoms with Crippen molar-refractivity contribution in [1.29, 1.82) is 0 Å². The van der Waals surface area contributed by atoms with Crippen LogP contribution in [0.4, 0.5) is 4.39 Å². The minimum atomic E-state index is -3.76. The van der Waals surface area contributed by atoms with Crippen LogP contribution in [-0.4, -0.2) is 15.0 Å². The van der Waals surface area contributed by atoms with Gasteiger partial charge in [-0.1, -0.05) is 33.8 Å². The molecule has 0 aliphatic heterocycles. The Bertz CT molecular complexity index is 569. The lowest BCUT2D eigenvalue weighted by Gasteiger charge is -2.29. The molecule has 20 heavy (non-hydrogen) atoms. The fraction of sp³-hybridized carbons (Fsp3) is 0.571. The van der Waals surface area contributed by atoms with Gasteiger partial charge in [0, 0.05) is 13.1 Å². The Morgan fingerprint density at radius 1 is 1.35 bits per heavy atom. The molecule has 4 nitrogen and oxygen atoms in total. The van der Waals surface area contributed by atoms with Gasteiger partial charge in [0.05, 0.1) is 4.90 Å². The number of benzene rings is 1. The molecule has 1 aromatic rings. The predicted octanol–water partition coefficient (Wildman–Crippen LogP) is 2.24. The second-order valence-electron chi connectivity index (χ2n) is 5.92. The summed E-state index contributed by atoms with van der Waals surface area (Å²) in [5.74, 6) is -0.280. The number of nitrogens with two attached hydrogens (primary N) is 1. The summed E-state index contributed by atoms with van der Waals surface area (Å²) in [5.41, 5.74) is 5.73. The maximum absolute atomic E-state index is 13.3. The average Bonchev–Trinajstić information content (AvgIpc) is 2.36. The van der Waals surface area contributed by atoms with Crippen molar-refractivity contribution in [3.63, 3.8) is 0 Å². The van der Waals surface area contributed by atoms with E-state index in [9.17, 15) is 12.8 Å². The van der Waals surface area contributed by atoms with Crippen LogP contribution >= 0.6 is 0 Å². The van der Waals surface area contributed by atoms with Gasteiger partial charge >= 0.3 is 0 Å². The van der Waals surface area contributed by atoms with Crippen molar-refractivity contribution in [1.82, 2.24) is 4.72 Å². The van der Waals surface area contributed by atoms with Crippen LogP contribution < -0.4 is 10.5 Å². The van der Waals surface area contributed by atoms with Crippen LogP contribution in [0.2, 0.25) is 0 Å². The molecule has 0 aromatic heterocycles. The third-order valence-electron chi connectivity index (χ3n) is 3.82. The monoisotopic (exact) mass is 302 g/mol. The van der Waals surface area contributed by atoms with E-state index in [1.165, 1.54) is 12.1 Å². The molecular formula is C14H23FN2O2S. The van der Waals surface area contributed by atoms with E-state index < -0.39 is 15.8 Å². The average molecular weight is 302 g/mol. The number of hydrogen-bond acceptors (Lipinski definition) is 3. The molecule has 0 aliphatic rings. The van der Waals surface area contributed by atoms with Gasteiger partial charge in [-0.2, -0.15) is 0 Å². The predicted molar refractivity (Wildman–Crippen MR) is 78.1 cm³/mol. The highest BCUT2D eigenvalue weighted by Crippen LogP contribution is 2.26. The van der Waals surface area contributed by atoms with Crippen LogP contribution in [0.5, 0.6) is 0 Å². The summed E-state index contributed by atoms with van der Waals surface area (Å²) in [6.07, 6.45) is 0. The fourth-order valence-electron chi connectivity index (χ4n) is 1.51. The van der Waals surface area contributed by atoms with Crippen LogP contribution in [0, 0.1) is 17.2 Å². The van der Waals surface area contributed by atoms with E-state index in [2.05, 4.69) is 4.72 Å². The standard InChI is InChI=1S/C14H23FN2O2S/c1-10(2)14(3,4)9-17-20(18,19)13-7-12(15)6-5-11(13)8-16/h5-7,10,17H,8-9,16H2,1-4H3. The van der Waals surface area contributed by atoms with Crippen molar-refractivity contribution >= 4 is 10.0 Å². The molecule has 1 rings (SSSR count). The Balaban J connectivity index is 3.03. The number of nitrogens with one attached hydrogen (secondary N) is 1. The maximum Gasteiger partial charge on any atom is 0.241 e. The lowest BCUT2D eigenvalue weighted by atomic mass is 9.81. The number of rotatable bonds is 6. The Morgan fingerprint density at radius 2 is 1.95 bits per heavy atom. The van der Waals surface area contributed by atoms with Crippen LogP contribution in [-0.2, 0) is 16.6 Å². The van der Waals surface area contributed by atoms with Crippen LogP contribution in [0.3, 0.4) is 0 Å². The summed E-state index contributed by atoms with van der Waals surface area (Å²) in [7, 11) is -3.76. The second-order valence-corrected chi connectivity index (χ2v) is 7.66. The van der Waals surface area contributed by atoms with Gasteiger partial charge in [0.25, 0.3) is 0 Å². The lowest BCUT2D eigenvalue weighted by Crippen LogP contribution is -2.37. The molecule has 0 bridgehead atoms. The Labute approximate surface area is 120 Å². The first-order chi connectivity index (χ1) is 9.10. The van der Waals surface area contributed by atoms with Gasteiger partial charge in [0.15, 0.2) is 0 Å². The Morgan fingerprint density at radius 3 is 2.45 bits per heavy atom. The highest BCUT2D eigenvalue weighted by molar-refractivity contribution is 7.89. The lowest BCUT2D eigenvalue weighted by molar-refractivity contribution is 0.252. The largest absolute Gasteiger partial charge is 0.326 e. The SMILES string of the molecule is CC(C)C(C)(C)CNS(=O)(=O)c1cc(F)ccc1CN. The minimum Gasteiger partial charge on any atom is -0.326 e. The summed E-state index contributed by atoms with van der Waals surface area (Å²) < 4.78 is 40.4. The molecule has 0 atom stereocenters. The van der Waals surface area contributed by atoms with E-state index >= 15 is 0 Å². The van der Waals surface area contributed by atoms with Gasteiger partial charge in [-0.25, -0.2) is 17.5 Å². The van der Waals surface area contributed by atoms with Crippen molar-refractivity contribution in [2.45, 2.75) is 39.1 Å². The van der Waals surface area contributed by atoms with Gasteiger partial charge in [-0.15, -0.1) is 0 Å². The zero-order valence-corrected chi connectivity index (χ0v) is 13.2. The third-order valence-corrected chi connectivity index (χ3v) is 5.30. The summed E-state index contributed by atoms with van der Waals surface area (Å²) in [6.45, 7) is 8.35. The van der Waals surface area contributed by atoms with E-state index in [-0.39, 0.29) is 23.4 Å². The molecule has 0 spiro atoms. The molecule has 0 saturated carbocycles. The van der Waals surface area contributed by atoms with Crippen molar-refractivity contribution in [3.8, 4) is 0 Å². The van der Waals surface area contributed by atoms with Crippen LogP contribution in [0.1, 0.15) is 33.3 Å². The number of sulfonamides is 1. The Hall–Kier alpha value is -0.980. The quantitative estimate of drug-likeness (QED) is 0.846. The highest BCUT2D eigenvalue weighted by atomic mass is 32.2. The molecule has 114 valence electrons. The van der Waals surface area contributed by atoms with E-state index in [0.29, 0.717) is 11.5 Å². The molecule has 1 aromatic carbocycles. The van der Waals surface area contributed by atoms with Crippen molar-refractivity contribution in [2.24, 2.45) is 17.1 Å². The summed E-state index contributed by atoms with van der Waals surface area (Å²) in [5, 5.41) is 0. The molecule has 6 heteroatoms. The molecule has 0 saturated heterocycles. The smallest absolute Gasteiger partial charge is 0.241 e. The minimum absolute atomic E-state index is 0.0457. The van der Waals surface area contributed by atoms with Crippen molar-refractivity contribution < 1.29 is 12.8 Å². The highest BCUT2D eigenvalue weighted by Gasteiger charge is 2.26. The molecule has 0 fully saturated rings. The van der Waals surface area contributed by atoms with Crippen LogP contribution in [0.25, 0.3) is 0 Å². The fourth-order valence-corrected chi connectivity index (χ4v) is 2.99. The summed E-state index contributed by atoms with van der Waals surface area (Å²) in [4.78, 5) is -0.0837. The first kappa shape index (κ1) is 17.1. The van der Waals surface area contributed by atoms with E-state index in [4.69, 9.17) is 5.73 Å². The summed E-state index contributed by atoms with van der Waals surface area (Å²) >= 11 is 0. The molecule has 0 aliphatic carbocycles. The third kappa shape index (κ3) is 4.01. The topological polar surface area (TPSA) is 72.2 Å². The van der Waals surface area contributed by atoms with Crippen molar-refractivity contribution in [3.05, 3.63) is 29.6 Å². The maximum atomic E-state index is 13.3. The van der Waals surface area contributed by atoms with Crippen LogP contribution in [0.15, 0.2) is 23.1 Å². The molecule has 3 N–H and O–H groups in total. The molecule has 0 unspecified atom stereocenters. The van der Waals surface area contributed by atoms with Gasteiger partial charge in [-0.05, 0) is 29.0 Å². The first-order valence-corrected chi connectivity index (χ1v) is 8.06.